The van der Waals surface area contributed by atoms with E-state index in [4.69, 9.17) is 18.3 Å². The standard InChI is InChI=1S/C15H14O6/c1-11(15(17)21-10-13-5-3-7-19-13)8-14(16)20-9-12-4-2-6-18-12/h2-7H,1,8-10H2. The normalized spacial score (nSPS) is 10.1. The zero-order chi connectivity index (χ0) is 15.1. The second-order valence-corrected chi connectivity index (χ2v) is 4.18. The number of rotatable bonds is 7. The molecule has 0 amide bonds. The van der Waals surface area contributed by atoms with Crippen molar-refractivity contribution in [2.24, 2.45) is 0 Å². The van der Waals surface area contributed by atoms with Crippen molar-refractivity contribution in [2.45, 2.75) is 19.6 Å². The zero-order valence-electron chi connectivity index (χ0n) is 11.2. The fraction of sp³-hybridized carbons (Fsp3) is 0.200. The molecule has 0 unspecified atom stereocenters. The molecule has 0 N–H and O–H groups in total. The van der Waals surface area contributed by atoms with Crippen molar-refractivity contribution in [2.75, 3.05) is 0 Å². The van der Waals surface area contributed by atoms with Crippen LogP contribution in [0, 0.1) is 0 Å². The molecule has 6 nitrogen and oxygen atoms in total. The molecular weight excluding hydrogens is 276 g/mol. The van der Waals surface area contributed by atoms with Crippen LogP contribution in [0.4, 0.5) is 0 Å². The Morgan fingerprint density at radius 2 is 1.57 bits per heavy atom. The van der Waals surface area contributed by atoms with Crippen LogP contribution in [-0.4, -0.2) is 11.9 Å². The summed E-state index contributed by atoms with van der Waals surface area (Å²) < 4.78 is 19.9. The third-order valence-corrected chi connectivity index (χ3v) is 2.53. The van der Waals surface area contributed by atoms with Crippen LogP contribution in [0.3, 0.4) is 0 Å². The van der Waals surface area contributed by atoms with E-state index in [2.05, 4.69) is 6.58 Å². The van der Waals surface area contributed by atoms with Gasteiger partial charge in [0.15, 0.2) is 0 Å². The van der Waals surface area contributed by atoms with Gasteiger partial charge in [-0.3, -0.25) is 4.79 Å². The maximum Gasteiger partial charge on any atom is 0.334 e. The lowest BCUT2D eigenvalue weighted by Gasteiger charge is -2.06. The van der Waals surface area contributed by atoms with Crippen LogP contribution in [0.5, 0.6) is 0 Å². The highest BCUT2D eigenvalue weighted by Gasteiger charge is 2.15. The smallest absolute Gasteiger partial charge is 0.334 e. The topological polar surface area (TPSA) is 78.9 Å². The van der Waals surface area contributed by atoms with Gasteiger partial charge in [0, 0.05) is 5.57 Å². The molecule has 0 bridgehead atoms. The quantitative estimate of drug-likeness (QED) is 0.576. The first-order valence-corrected chi connectivity index (χ1v) is 6.20. The van der Waals surface area contributed by atoms with E-state index >= 15 is 0 Å². The first-order chi connectivity index (χ1) is 10.1. The van der Waals surface area contributed by atoms with E-state index in [0.717, 1.165) is 0 Å². The fourth-order valence-electron chi connectivity index (χ4n) is 1.48. The third kappa shape index (κ3) is 4.68. The van der Waals surface area contributed by atoms with E-state index in [0.29, 0.717) is 11.5 Å². The molecule has 0 saturated heterocycles. The maximum absolute atomic E-state index is 11.6. The molecule has 0 aliphatic carbocycles. The summed E-state index contributed by atoms with van der Waals surface area (Å²) in [6, 6.07) is 6.73. The monoisotopic (exact) mass is 290 g/mol. The molecule has 0 aliphatic rings. The summed E-state index contributed by atoms with van der Waals surface area (Å²) in [5.74, 6) is -0.210. The number of esters is 2. The van der Waals surface area contributed by atoms with Gasteiger partial charge in [0.1, 0.15) is 24.7 Å². The highest BCUT2D eigenvalue weighted by atomic mass is 16.5. The van der Waals surface area contributed by atoms with Crippen LogP contribution in [0.15, 0.2) is 57.8 Å². The minimum atomic E-state index is -0.665. The van der Waals surface area contributed by atoms with Crippen LogP contribution < -0.4 is 0 Å². The lowest BCUT2D eigenvalue weighted by molar-refractivity contribution is -0.148. The van der Waals surface area contributed by atoms with Crippen molar-refractivity contribution in [3.63, 3.8) is 0 Å². The molecule has 0 aromatic carbocycles. The molecule has 0 aliphatic heterocycles. The van der Waals surface area contributed by atoms with Crippen molar-refractivity contribution < 1.29 is 27.9 Å². The van der Waals surface area contributed by atoms with E-state index in [9.17, 15) is 9.59 Å². The second-order valence-electron chi connectivity index (χ2n) is 4.18. The highest BCUT2D eigenvalue weighted by molar-refractivity contribution is 5.93. The van der Waals surface area contributed by atoms with Crippen LogP contribution >= 0.6 is 0 Å². The van der Waals surface area contributed by atoms with Gasteiger partial charge in [-0.25, -0.2) is 4.79 Å². The molecule has 2 aromatic heterocycles. The molecule has 110 valence electrons. The van der Waals surface area contributed by atoms with Gasteiger partial charge >= 0.3 is 11.9 Å². The molecule has 6 heteroatoms. The zero-order valence-corrected chi connectivity index (χ0v) is 11.2. The lowest BCUT2D eigenvalue weighted by Crippen LogP contribution is -2.12. The second kappa shape index (κ2) is 7.14. The number of furan rings is 2. The average molecular weight is 290 g/mol. The largest absolute Gasteiger partial charge is 0.466 e. The van der Waals surface area contributed by atoms with Gasteiger partial charge in [-0.15, -0.1) is 0 Å². The van der Waals surface area contributed by atoms with E-state index in [-0.39, 0.29) is 25.2 Å². The Balaban J connectivity index is 1.69. The van der Waals surface area contributed by atoms with E-state index < -0.39 is 11.9 Å². The highest BCUT2D eigenvalue weighted by Crippen LogP contribution is 2.09. The van der Waals surface area contributed by atoms with Gasteiger partial charge in [0.2, 0.25) is 0 Å². The molecule has 2 rings (SSSR count). The molecule has 0 atom stereocenters. The summed E-state index contributed by atoms with van der Waals surface area (Å²) in [6.45, 7) is 3.52. The van der Waals surface area contributed by atoms with Crippen LogP contribution in [-0.2, 0) is 32.3 Å². The lowest BCUT2D eigenvalue weighted by atomic mass is 10.2. The van der Waals surface area contributed by atoms with Crippen LogP contribution in [0.1, 0.15) is 17.9 Å². The minimum Gasteiger partial charge on any atom is -0.466 e. The summed E-state index contributed by atoms with van der Waals surface area (Å²) >= 11 is 0. The van der Waals surface area contributed by atoms with E-state index in [1.807, 2.05) is 0 Å². The Kier molecular flexibility index (Phi) is 4.98. The van der Waals surface area contributed by atoms with Crippen molar-refractivity contribution in [3.05, 3.63) is 60.5 Å². The van der Waals surface area contributed by atoms with Crippen molar-refractivity contribution in [1.29, 1.82) is 0 Å². The predicted molar refractivity (Wildman–Crippen MR) is 70.8 cm³/mol. The number of carbonyl (C=O) groups is 2. The van der Waals surface area contributed by atoms with Crippen molar-refractivity contribution in [1.82, 2.24) is 0 Å². The van der Waals surface area contributed by atoms with Gasteiger partial charge in [0.25, 0.3) is 0 Å². The van der Waals surface area contributed by atoms with Crippen molar-refractivity contribution >= 4 is 11.9 Å². The molecule has 0 spiro atoms. The molecular formula is C15H14O6. The van der Waals surface area contributed by atoms with Crippen LogP contribution in [0.25, 0.3) is 0 Å². The predicted octanol–water partition coefficient (Wildman–Crippen LogP) is 2.61. The Morgan fingerprint density at radius 3 is 2.10 bits per heavy atom. The molecule has 21 heavy (non-hydrogen) atoms. The van der Waals surface area contributed by atoms with Gasteiger partial charge in [-0.1, -0.05) is 6.58 Å². The molecule has 2 aromatic rings. The third-order valence-electron chi connectivity index (χ3n) is 2.53. The fourth-order valence-corrected chi connectivity index (χ4v) is 1.48. The summed E-state index contributed by atoms with van der Waals surface area (Å²) in [6.07, 6.45) is 2.72. The van der Waals surface area contributed by atoms with Gasteiger partial charge in [-0.05, 0) is 24.3 Å². The van der Waals surface area contributed by atoms with Crippen molar-refractivity contribution in [3.8, 4) is 0 Å². The van der Waals surface area contributed by atoms with Crippen LogP contribution in [0.2, 0.25) is 0 Å². The number of ether oxygens (including phenoxy) is 2. The van der Waals surface area contributed by atoms with E-state index in [1.165, 1.54) is 12.5 Å². The Hall–Kier alpha value is -2.76. The molecule has 0 saturated carbocycles. The van der Waals surface area contributed by atoms with E-state index in [1.54, 1.807) is 24.3 Å². The molecule has 2 heterocycles. The summed E-state index contributed by atoms with van der Waals surface area (Å²) in [7, 11) is 0. The molecule has 0 fully saturated rings. The summed E-state index contributed by atoms with van der Waals surface area (Å²) in [5, 5.41) is 0. The minimum absolute atomic E-state index is 0.00764. The first-order valence-electron chi connectivity index (χ1n) is 6.20. The summed E-state index contributed by atoms with van der Waals surface area (Å²) in [4.78, 5) is 23.2. The number of hydrogen-bond donors (Lipinski definition) is 0. The van der Waals surface area contributed by atoms with Gasteiger partial charge in [0.05, 0.1) is 18.9 Å². The number of carbonyl (C=O) groups excluding carboxylic acids is 2. The van der Waals surface area contributed by atoms with Gasteiger partial charge < -0.3 is 18.3 Å². The van der Waals surface area contributed by atoms with Gasteiger partial charge in [-0.2, -0.15) is 0 Å². The Labute approximate surface area is 120 Å². The maximum atomic E-state index is 11.6. The SMILES string of the molecule is C=C(CC(=O)OCc1ccco1)C(=O)OCc1ccco1. The average Bonchev–Trinajstić information content (AvgIpc) is 3.15. The summed E-state index contributed by atoms with van der Waals surface area (Å²) in [5.41, 5.74) is 0.0194. The Morgan fingerprint density at radius 1 is 1.00 bits per heavy atom. The molecule has 0 radical (unpaired) electrons. The first kappa shape index (κ1) is 14.6. The number of hydrogen-bond acceptors (Lipinski definition) is 6. The Bertz CT molecular complexity index is 594.